The molecule has 0 aromatic heterocycles. The summed E-state index contributed by atoms with van der Waals surface area (Å²) in [6, 6.07) is 8.02. The van der Waals surface area contributed by atoms with Gasteiger partial charge < -0.3 is 30.5 Å². The maximum Gasteiger partial charge on any atom is 0.414 e. The number of carbonyl (C=O) groups excluding carboxylic acids is 1. The van der Waals surface area contributed by atoms with Crippen LogP contribution in [0.3, 0.4) is 0 Å². The lowest BCUT2D eigenvalue weighted by atomic mass is 9.89. The van der Waals surface area contributed by atoms with E-state index in [1.807, 2.05) is 18.2 Å². The number of carboxylic acid groups (broad SMARTS) is 2. The summed E-state index contributed by atoms with van der Waals surface area (Å²) in [5.41, 5.74) is 1.98. The van der Waals surface area contributed by atoms with Crippen LogP contribution in [0.15, 0.2) is 24.3 Å². The summed E-state index contributed by atoms with van der Waals surface area (Å²) in [5.74, 6) is -2.87. The summed E-state index contributed by atoms with van der Waals surface area (Å²) in [6.45, 7) is 4.56. The first-order valence-electron chi connectivity index (χ1n) is 10.4. The van der Waals surface area contributed by atoms with Crippen molar-refractivity contribution in [2.24, 2.45) is 5.92 Å². The highest BCUT2D eigenvalue weighted by Gasteiger charge is 2.16. The van der Waals surface area contributed by atoms with Crippen molar-refractivity contribution in [2.45, 2.75) is 32.1 Å². The lowest BCUT2D eigenvalue weighted by molar-refractivity contribution is -0.159. The number of hydrogen-bond donors (Lipinski definition) is 4. The molecule has 1 saturated carbocycles. The summed E-state index contributed by atoms with van der Waals surface area (Å²) in [5, 5.41) is 21.2. The van der Waals surface area contributed by atoms with Gasteiger partial charge in [-0.2, -0.15) is 0 Å². The number of morpholine rings is 1. The summed E-state index contributed by atoms with van der Waals surface area (Å²) in [7, 11) is 0. The summed E-state index contributed by atoms with van der Waals surface area (Å²) < 4.78 is 5.41. The summed E-state index contributed by atoms with van der Waals surface area (Å²) in [4.78, 5) is 32.7. The first-order valence-corrected chi connectivity index (χ1v) is 10.4. The second-order valence-electron chi connectivity index (χ2n) is 7.41. The first-order chi connectivity index (χ1) is 14.5. The van der Waals surface area contributed by atoms with Gasteiger partial charge in [0.1, 0.15) is 0 Å². The van der Waals surface area contributed by atoms with Gasteiger partial charge in [-0.1, -0.05) is 31.4 Å². The lowest BCUT2D eigenvalue weighted by Gasteiger charge is -2.30. The fourth-order valence-corrected chi connectivity index (χ4v) is 3.63. The molecule has 2 aliphatic rings. The van der Waals surface area contributed by atoms with Gasteiger partial charge in [-0.3, -0.25) is 4.79 Å². The third-order valence-electron chi connectivity index (χ3n) is 5.16. The van der Waals surface area contributed by atoms with Crippen molar-refractivity contribution in [3.63, 3.8) is 0 Å². The fraction of sp³-hybridized carbons (Fsp3) is 0.571. The second kappa shape index (κ2) is 12.8. The van der Waals surface area contributed by atoms with Crippen molar-refractivity contribution in [3.05, 3.63) is 24.3 Å². The van der Waals surface area contributed by atoms with Gasteiger partial charge in [0.2, 0.25) is 5.91 Å². The number of rotatable bonds is 6. The van der Waals surface area contributed by atoms with E-state index < -0.39 is 11.9 Å². The molecular formula is C21H31N3O6. The smallest absolute Gasteiger partial charge is 0.414 e. The number of carbonyl (C=O) groups is 3. The van der Waals surface area contributed by atoms with E-state index in [1.54, 1.807) is 0 Å². The molecule has 9 heteroatoms. The maximum atomic E-state index is 12.3. The zero-order valence-corrected chi connectivity index (χ0v) is 17.1. The Morgan fingerprint density at radius 1 is 1.00 bits per heavy atom. The maximum absolute atomic E-state index is 12.3. The Morgan fingerprint density at radius 3 is 2.27 bits per heavy atom. The molecule has 1 amide bonds. The minimum Gasteiger partial charge on any atom is -0.473 e. The summed E-state index contributed by atoms with van der Waals surface area (Å²) in [6.07, 6.45) is 6.65. The predicted molar refractivity (Wildman–Crippen MR) is 113 cm³/mol. The first kappa shape index (κ1) is 23.6. The van der Waals surface area contributed by atoms with Gasteiger partial charge in [0.25, 0.3) is 0 Å². The van der Waals surface area contributed by atoms with Crippen LogP contribution in [0.4, 0.5) is 11.4 Å². The van der Waals surface area contributed by atoms with Gasteiger partial charge in [-0.15, -0.1) is 0 Å². The molecule has 0 radical (unpaired) electrons. The molecule has 0 unspecified atom stereocenters. The molecule has 0 atom stereocenters. The van der Waals surface area contributed by atoms with Crippen molar-refractivity contribution >= 4 is 29.2 Å². The number of aliphatic carboxylic acids is 2. The highest BCUT2D eigenvalue weighted by atomic mass is 16.5. The molecule has 1 aliphatic carbocycles. The van der Waals surface area contributed by atoms with Crippen LogP contribution in [0.25, 0.3) is 0 Å². The molecule has 1 heterocycles. The molecule has 1 aliphatic heterocycles. The van der Waals surface area contributed by atoms with E-state index in [0.717, 1.165) is 50.1 Å². The van der Waals surface area contributed by atoms with E-state index in [2.05, 4.69) is 21.6 Å². The number of anilines is 2. The molecule has 1 saturated heterocycles. The Morgan fingerprint density at radius 2 is 1.63 bits per heavy atom. The van der Waals surface area contributed by atoms with Gasteiger partial charge in [0.05, 0.1) is 31.1 Å². The van der Waals surface area contributed by atoms with E-state index in [9.17, 15) is 4.79 Å². The largest absolute Gasteiger partial charge is 0.473 e. The van der Waals surface area contributed by atoms with Gasteiger partial charge in [-0.05, 0) is 37.4 Å². The number of ether oxygens (including phenoxy) is 1. The minimum absolute atomic E-state index is 0.0338. The average Bonchev–Trinajstić information content (AvgIpc) is 2.76. The normalized spacial score (nSPS) is 16.9. The molecule has 1 aromatic rings. The van der Waals surface area contributed by atoms with Crippen LogP contribution in [0, 0.1) is 5.92 Å². The Kier molecular flexibility index (Phi) is 10.1. The second-order valence-corrected chi connectivity index (χ2v) is 7.41. The van der Waals surface area contributed by atoms with Gasteiger partial charge in [-0.25, -0.2) is 9.59 Å². The quantitative estimate of drug-likeness (QED) is 0.512. The predicted octanol–water partition coefficient (Wildman–Crippen LogP) is 1.79. The Balaban J connectivity index is 0.000000469. The molecule has 0 bridgehead atoms. The molecule has 0 spiro atoms. The van der Waals surface area contributed by atoms with Crippen molar-refractivity contribution in [1.29, 1.82) is 0 Å². The molecule has 1 aromatic carbocycles. The van der Waals surface area contributed by atoms with Gasteiger partial charge in [0.15, 0.2) is 0 Å². The van der Waals surface area contributed by atoms with Crippen LogP contribution in [-0.2, 0) is 19.1 Å². The number of benzene rings is 1. The zero-order valence-electron chi connectivity index (χ0n) is 17.1. The Bertz CT molecular complexity index is 688. The van der Waals surface area contributed by atoms with Gasteiger partial charge in [0, 0.05) is 13.1 Å². The van der Waals surface area contributed by atoms with Crippen LogP contribution in [0.1, 0.15) is 32.1 Å². The highest BCUT2D eigenvalue weighted by Crippen LogP contribution is 2.26. The van der Waals surface area contributed by atoms with Crippen LogP contribution in [0.2, 0.25) is 0 Å². The SMILES string of the molecule is O=C(CNCC1CCCCC1)Nc1ccccc1N1CCOCC1.O=C(O)C(=O)O. The molecule has 4 N–H and O–H groups in total. The highest BCUT2D eigenvalue weighted by molar-refractivity contribution is 6.27. The van der Waals surface area contributed by atoms with Crippen molar-refractivity contribution in [2.75, 3.05) is 49.6 Å². The molecular weight excluding hydrogens is 390 g/mol. The molecule has 2 fully saturated rings. The molecule has 166 valence electrons. The van der Waals surface area contributed by atoms with Crippen LogP contribution >= 0.6 is 0 Å². The topological polar surface area (TPSA) is 128 Å². The lowest BCUT2D eigenvalue weighted by Crippen LogP contribution is -2.37. The Labute approximate surface area is 176 Å². The van der Waals surface area contributed by atoms with Crippen LogP contribution in [-0.4, -0.2) is 67.5 Å². The van der Waals surface area contributed by atoms with Crippen LogP contribution in [0.5, 0.6) is 0 Å². The molecule has 30 heavy (non-hydrogen) atoms. The number of nitrogens with one attached hydrogen (secondary N) is 2. The van der Waals surface area contributed by atoms with E-state index in [-0.39, 0.29) is 5.91 Å². The Hall–Kier alpha value is -2.65. The van der Waals surface area contributed by atoms with Crippen LogP contribution < -0.4 is 15.5 Å². The fourth-order valence-electron chi connectivity index (χ4n) is 3.63. The summed E-state index contributed by atoms with van der Waals surface area (Å²) >= 11 is 0. The average molecular weight is 421 g/mol. The molecule has 3 rings (SSSR count). The monoisotopic (exact) mass is 421 g/mol. The van der Waals surface area contributed by atoms with E-state index in [0.29, 0.717) is 6.54 Å². The van der Waals surface area contributed by atoms with Crippen molar-refractivity contribution in [3.8, 4) is 0 Å². The van der Waals surface area contributed by atoms with E-state index >= 15 is 0 Å². The number of para-hydroxylation sites is 2. The van der Waals surface area contributed by atoms with Gasteiger partial charge >= 0.3 is 11.9 Å². The standard InChI is InChI=1S/C19H29N3O2.C2H2O4/c23-19(15-20-14-16-6-2-1-3-7-16)21-17-8-4-5-9-18(17)22-10-12-24-13-11-22;3-1(4)2(5)6/h4-5,8-9,16,20H,1-3,6-7,10-15H2,(H,21,23);(H,3,4)(H,5,6). The zero-order chi connectivity index (χ0) is 21.8. The minimum atomic E-state index is -1.82. The van der Waals surface area contributed by atoms with E-state index in [4.69, 9.17) is 24.5 Å². The third-order valence-corrected chi connectivity index (χ3v) is 5.16. The van der Waals surface area contributed by atoms with Crippen molar-refractivity contribution in [1.82, 2.24) is 5.32 Å². The number of hydrogen-bond acceptors (Lipinski definition) is 6. The number of nitrogens with zero attached hydrogens (tertiary/aromatic N) is 1. The third kappa shape index (κ3) is 8.38. The number of carboxylic acids is 2. The molecule has 9 nitrogen and oxygen atoms in total. The van der Waals surface area contributed by atoms with E-state index in [1.165, 1.54) is 32.1 Å². The van der Waals surface area contributed by atoms with Crippen molar-refractivity contribution < 1.29 is 29.3 Å². The number of amides is 1.